The van der Waals surface area contributed by atoms with Gasteiger partial charge in [0.25, 0.3) is 5.91 Å². The average Bonchev–Trinajstić information content (AvgIpc) is 2.51. The van der Waals surface area contributed by atoms with E-state index < -0.39 is 5.91 Å². The summed E-state index contributed by atoms with van der Waals surface area (Å²) in [6.07, 6.45) is 1.26. The first-order valence-corrected chi connectivity index (χ1v) is 4.22. The molecule has 0 fully saturated rings. The molecule has 1 rings (SSSR count). The average molecular weight is 198 g/mol. The molecule has 14 heavy (non-hydrogen) atoms. The molecule has 0 unspecified atom stereocenters. The third-order valence-corrected chi connectivity index (χ3v) is 1.98. The smallest absolute Gasteiger partial charge is 0.253 e. The number of methoxy groups -OCH3 is 1. The number of hydrogen-bond donors (Lipinski definition) is 1. The maximum atomic E-state index is 11.0. The van der Waals surface area contributed by atoms with Crippen LogP contribution in [0.5, 0.6) is 0 Å². The molecular formula is C9H14N2O3. The standard InChI is InChI=1S/C9H14N2O3/c1-9(2,5-13-3)7-6(8(10)12)4-14-11-7/h4H,5H2,1-3H3,(H2,10,12). The maximum Gasteiger partial charge on any atom is 0.253 e. The van der Waals surface area contributed by atoms with Gasteiger partial charge in [0.1, 0.15) is 17.5 Å². The lowest BCUT2D eigenvalue weighted by atomic mass is 9.88. The van der Waals surface area contributed by atoms with Crippen molar-refractivity contribution in [2.24, 2.45) is 5.73 Å². The van der Waals surface area contributed by atoms with Crippen LogP contribution in [0.4, 0.5) is 0 Å². The molecule has 1 aromatic heterocycles. The van der Waals surface area contributed by atoms with Crippen molar-refractivity contribution in [3.05, 3.63) is 17.5 Å². The fraction of sp³-hybridized carbons (Fsp3) is 0.556. The molecule has 5 heteroatoms. The van der Waals surface area contributed by atoms with Crippen LogP contribution in [0.1, 0.15) is 29.9 Å². The molecule has 1 aromatic rings. The van der Waals surface area contributed by atoms with Gasteiger partial charge in [-0.05, 0) is 0 Å². The Labute approximate surface area is 82.2 Å². The highest BCUT2D eigenvalue weighted by Crippen LogP contribution is 2.24. The normalized spacial score (nSPS) is 11.6. The summed E-state index contributed by atoms with van der Waals surface area (Å²) in [7, 11) is 1.59. The van der Waals surface area contributed by atoms with Gasteiger partial charge in [0.05, 0.1) is 6.61 Å². The van der Waals surface area contributed by atoms with E-state index in [9.17, 15) is 4.79 Å². The first-order chi connectivity index (χ1) is 6.49. The lowest BCUT2D eigenvalue weighted by molar-refractivity contribution is 0.0994. The van der Waals surface area contributed by atoms with Crippen LogP contribution >= 0.6 is 0 Å². The van der Waals surface area contributed by atoms with Crippen LogP contribution in [0.3, 0.4) is 0 Å². The Kier molecular flexibility index (Phi) is 2.90. The number of rotatable bonds is 4. The summed E-state index contributed by atoms with van der Waals surface area (Å²) < 4.78 is 9.76. The van der Waals surface area contributed by atoms with Crippen molar-refractivity contribution in [3.8, 4) is 0 Å². The molecule has 0 radical (unpaired) electrons. The Morgan fingerprint density at radius 1 is 1.71 bits per heavy atom. The molecule has 0 aromatic carbocycles. The minimum atomic E-state index is -0.537. The highest BCUT2D eigenvalue weighted by Gasteiger charge is 2.29. The highest BCUT2D eigenvalue weighted by atomic mass is 16.5. The van der Waals surface area contributed by atoms with Crippen LogP contribution in [0.25, 0.3) is 0 Å². The van der Waals surface area contributed by atoms with Crippen LogP contribution in [0.15, 0.2) is 10.8 Å². The monoisotopic (exact) mass is 198 g/mol. The van der Waals surface area contributed by atoms with Crippen LogP contribution < -0.4 is 5.73 Å². The molecule has 0 saturated heterocycles. The minimum absolute atomic E-state index is 0.312. The lowest BCUT2D eigenvalue weighted by Crippen LogP contribution is -2.27. The molecule has 0 saturated carbocycles. The highest BCUT2D eigenvalue weighted by molar-refractivity contribution is 5.93. The van der Waals surface area contributed by atoms with E-state index in [4.69, 9.17) is 15.0 Å². The molecular weight excluding hydrogens is 184 g/mol. The number of nitrogens with zero attached hydrogens (tertiary/aromatic N) is 1. The van der Waals surface area contributed by atoms with E-state index in [1.807, 2.05) is 13.8 Å². The number of amides is 1. The van der Waals surface area contributed by atoms with E-state index in [0.717, 1.165) is 0 Å². The predicted molar refractivity (Wildman–Crippen MR) is 49.9 cm³/mol. The van der Waals surface area contributed by atoms with Gasteiger partial charge in [-0.2, -0.15) is 0 Å². The second-order valence-electron chi connectivity index (χ2n) is 3.76. The molecule has 0 atom stereocenters. The number of primary amides is 1. The largest absolute Gasteiger partial charge is 0.384 e. The van der Waals surface area contributed by atoms with Crippen LogP contribution in [0.2, 0.25) is 0 Å². The van der Waals surface area contributed by atoms with Gasteiger partial charge in [-0.25, -0.2) is 0 Å². The van der Waals surface area contributed by atoms with Crippen molar-refractivity contribution in [1.82, 2.24) is 5.16 Å². The summed E-state index contributed by atoms with van der Waals surface area (Å²) in [4.78, 5) is 11.0. The first-order valence-electron chi connectivity index (χ1n) is 4.22. The Morgan fingerprint density at radius 3 is 2.86 bits per heavy atom. The van der Waals surface area contributed by atoms with Crippen molar-refractivity contribution in [3.63, 3.8) is 0 Å². The molecule has 0 aliphatic carbocycles. The molecule has 0 bridgehead atoms. The van der Waals surface area contributed by atoms with Gasteiger partial charge in [-0.3, -0.25) is 4.79 Å². The number of carbonyl (C=O) groups excluding carboxylic acids is 1. The van der Waals surface area contributed by atoms with E-state index in [2.05, 4.69) is 5.16 Å². The lowest BCUT2D eigenvalue weighted by Gasteiger charge is -2.21. The molecule has 0 aliphatic heterocycles. The third kappa shape index (κ3) is 1.93. The van der Waals surface area contributed by atoms with Crippen LogP contribution in [-0.4, -0.2) is 24.8 Å². The summed E-state index contributed by atoms with van der Waals surface area (Å²) in [6.45, 7) is 4.25. The topological polar surface area (TPSA) is 78.3 Å². The van der Waals surface area contributed by atoms with Crippen molar-refractivity contribution in [2.75, 3.05) is 13.7 Å². The first kappa shape index (κ1) is 10.7. The summed E-state index contributed by atoms with van der Waals surface area (Å²) in [5.74, 6) is -0.537. The molecule has 5 nitrogen and oxygen atoms in total. The van der Waals surface area contributed by atoms with Gasteiger partial charge < -0.3 is 15.0 Å². The predicted octanol–water partition coefficient (Wildman–Crippen LogP) is 0.698. The minimum Gasteiger partial charge on any atom is -0.384 e. The van der Waals surface area contributed by atoms with E-state index in [1.165, 1.54) is 6.26 Å². The zero-order chi connectivity index (χ0) is 10.8. The Morgan fingerprint density at radius 2 is 2.36 bits per heavy atom. The molecule has 1 heterocycles. The van der Waals surface area contributed by atoms with Gasteiger partial charge >= 0.3 is 0 Å². The second-order valence-corrected chi connectivity index (χ2v) is 3.76. The van der Waals surface area contributed by atoms with Crippen molar-refractivity contribution >= 4 is 5.91 Å². The van der Waals surface area contributed by atoms with Gasteiger partial charge in [0, 0.05) is 12.5 Å². The summed E-state index contributed by atoms with van der Waals surface area (Å²) in [5.41, 5.74) is 5.64. The van der Waals surface area contributed by atoms with Gasteiger partial charge in [-0.1, -0.05) is 19.0 Å². The molecule has 0 aliphatic rings. The zero-order valence-electron chi connectivity index (χ0n) is 8.53. The van der Waals surface area contributed by atoms with E-state index in [1.54, 1.807) is 7.11 Å². The number of aromatic nitrogens is 1. The Hall–Kier alpha value is -1.36. The number of carbonyl (C=O) groups is 1. The fourth-order valence-corrected chi connectivity index (χ4v) is 1.33. The summed E-state index contributed by atoms with van der Waals surface area (Å²) >= 11 is 0. The quantitative estimate of drug-likeness (QED) is 0.772. The third-order valence-electron chi connectivity index (χ3n) is 1.98. The van der Waals surface area contributed by atoms with Crippen molar-refractivity contribution in [1.29, 1.82) is 0 Å². The number of nitrogens with two attached hydrogens (primary N) is 1. The Bertz CT molecular complexity index is 331. The molecule has 78 valence electrons. The fourth-order valence-electron chi connectivity index (χ4n) is 1.33. The van der Waals surface area contributed by atoms with Crippen molar-refractivity contribution in [2.45, 2.75) is 19.3 Å². The molecule has 1 amide bonds. The number of hydrogen-bond acceptors (Lipinski definition) is 4. The van der Waals surface area contributed by atoms with E-state index in [0.29, 0.717) is 17.9 Å². The molecule has 2 N–H and O–H groups in total. The van der Waals surface area contributed by atoms with E-state index >= 15 is 0 Å². The van der Waals surface area contributed by atoms with Gasteiger partial charge in [0.15, 0.2) is 0 Å². The van der Waals surface area contributed by atoms with Gasteiger partial charge in [-0.15, -0.1) is 0 Å². The summed E-state index contributed by atoms with van der Waals surface area (Å²) in [6, 6.07) is 0. The maximum absolute atomic E-state index is 11.0. The SMILES string of the molecule is COCC(C)(C)c1nocc1C(N)=O. The van der Waals surface area contributed by atoms with Crippen LogP contribution in [0, 0.1) is 0 Å². The summed E-state index contributed by atoms with van der Waals surface area (Å²) in [5, 5.41) is 3.77. The number of ether oxygens (including phenoxy) is 1. The second kappa shape index (κ2) is 3.79. The van der Waals surface area contributed by atoms with E-state index in [-0.39, 0.29) is 5.41 Å². The Balaban J connectivity index is 3.05. The van der Waals surface area contributed by atoms with Crippen LogP contribution in [-0.2, 0) is 10.2 Å². The van der Waals surface area contributed by atoms with Gasteiger partial charge in [0.2, 0.25) is 0 Å². The van der Waals surface area contributed by atoms with Crippen molar-refractivity contribution < 1.29 is 14.1 Å². The molecule has 0 spiro atoms. The zero-order valence-corrected chi connectivity index (χ0v) is 8.53.